The highest BCUT2D eigenvalue weighted by atomic mass is 14.2. The van der Waals surface area contributed by atoms with E-state index in [0.29, 0.717) is 5.92 Å². The van der Waals surface area contributed by atoms with Crippen LogP contribution in [0.1, 0.15) is 103 Å². The van der Waals surface area contributed by atoms with Crippen molar-refractivity contribution in [1.82, 2.24) is 0 Å². The van der Waals surface area contributed by atoms with Crippen molar-refractivity contribution in [2.45, 2.75) is 91.4 Å². The maximum atomic E-state index is 8.88. The first kappa shape index (κ1) is 20.8. The second kappa shape index (κ2) is 12.1. The van der Waals surface area contributed by atoms with E-state index in [1.807, 2.05) is 12.1 Å². The van der Waals surface area contributed by atoms with E-state index in [1.54, 1.807) is 0 Å². The molecular formula is C23H37N. The predicted octanol–water partition coefficient (Wildman–Crippen LogP) is 7.46. The Balaban J connectivity index is 2.26. The van der Waals surface area contributed by atoms with Gasteiger partial charge in [0.1, 0.15) is 0 Å². The summed E-state index contributed by atoms with van der Waals surface area (Å²) in [6, 6.07) is 10.3. The van der Waals surface area contributed by atoms with E-state index in [4.69, 9.17) is 5.26 Å². The van der Waals surface area contributed by atoms with Crippen LogP contribution in [0, 0.1) is 23.2 Å². The highest BCUT2D eigenvalue weighted by molar-refractivity contribution is 5.32. The van der Waals surface area contributed by atoms with Gasteiger partial charge in [-0.05, 0) is 41.9 Å². The molecule has 0 aliphatic heterocycles. The maximum Gasteiger partial charge on any atom is 0.0991 e. The Bertz CT molecular complexity index is 468. The molecule has 0 aliphatic rings. The van der Waals surface area contributed by atoms with Crippen LogP contribution in [0.3, 0.4) is 0 Å². The third-order valence-corrected chi connectivity index (χ3v) is 5.53. The van der Waals surface area contributed by atoms with Gasteiger partial charge < -0.3 is 0 Å². The third kappa shape index (κ3) is 8.00. The van der Waals surface area contributed by atoms with Crippen LogP contribution in [-0.2, 0) is 0 Å². The minimum Gasteiger partial charge on any atom is -0.192 e. The zero-order valence-electron chi connectivity index (χ0n) is 16.4. The Hall–Kier alpha value is -1.29. The molecule has 1 nitrogen and oxygen atoms in total. The molecule has 0 bridgehead atoms. The van der Waals surface area contributed by atoms with Gasteiger partial charge in [-0.15, -0.1) is 0 Å². The summed E-state index contributed by atoms with van der Waals surface area (Å²) in [5.74, 6) is 2.41. The molecule has 0 spiro atoms. The minimum absolute atomic E-state index is 0.597. The predicted molar refractivity (Wildman–Crippen MR) is 105 cm³/mol. The molecule has 3 atom stereocenters. The molecule has 0 aliphatic carbocycles. The van der Waals surface area contributed by atoms with E-state index >= 15 is 0 Å². The van der Waals surface area contributed by atoms with Crippen molar-refractivity contribution < 1.29 is 0 Å². The van der Waals surface area contributed by atoms with Gasteiger partial charge in [-0.1, -0.05) is 91.2 Å². The summed E-state index contributed by atoms with van der Waals surface area (Å²) in [7, 11) is 0. The van der Waals surface area contributed by atoms with Crippen molar-refractivity contribution in [3.8, 4) is 6.07 Å². The van der Waals surface area contributed by atoms with Gasteiger partial charge in [-0.2, -0.15) is 5.26 Å². The standard InChI is InChI=1S/C23H37N/c1-5-9-19(3)10-7-12-21(6-2)13-8-11-20(4)23-16-14-22(18-24)15-17-23/h14-17,19-21H,5-13H2,1-4H3. The molecule has 0 aromatic heterocycles. The number of nitrogens with zero attached hydrogens (tertiary/aromatic N) is 1. The molecule has 0 heterocycles. The highest BCUT2D eigenvalue weighted by Crippen LogP contribution is 2.26. The second-order valence-electron chi connectivity index (χ2n) is 7.66. The monoisotopic (exact) mass is 327 g/mol. The van der Waals surface area contributed by atoms with Crippen LogP contribution in [0.4, 0.5) is 0 Å². The van der Waals surface area contributed by atoms with Gasteiger partial charge in [-0.3, -0.25) is 0 Å². The Morgan fingerprint density at radius 2 is 1.50 bits per heavy atom. The van der Waals surface area contributed by atoms with Crippen LogP contribution >= 0.6 is 0 Å². The topological polar surface area (TPSA) is 23.8 Å². The first-order chi connectivity index (χ1) is 11.6. The summed E-state index contributed by atoms with van der Waals surface area (Å²) in [5.41, 5.74) is 2.13. The second-order valence-corrected chi connectivity index (χ2v) is 7.66. The molecule has 0 amide bonds. The smallest absolute Gasteiger partial charge is 0.0991 e. The van der Waals surface area contributed by atoms with Crippen molar-refractivity contribution in [2.75, 3.05) is 0 Å². The van der Waals surface area contributed by atoms with Gasteiger partial charge in [-0.25, -0.2) is 0 Å². The summed E-state index contributed by atoms with van der Waals surface area (Å²) in [5, 5.41) is 8.88. The Morgan fingerprint density at radius 3 is 2.04 bits per heavy atom. The number of benzene rings is 1. The molecule has 0 fully saturated rings. The van der Waals surface area contributed by atoms with Gasteiger partial charge in [0, 0.05) is 0 Å². The molecule has 0 N–H and O–H groups in total. The lowest BCUT2D eigenvalue weighted by Crippen LogP contribution is -2.03. The Kier molecular flexibility index (Phi) is 10.5. The van der Waals surface area contributed by atoms with E-state index in [-0.39, 0.29) is 0 Å². The van der Waals surface area contributed by atoms with Crippen molar-refractivity contribution in [1.29, 1.82) is 5.26 Å². The number of hydrogen-bond donors (Lipinski definition) is 0. The summed E-state index contributed by atoms with van der Waals surface area (Å²) in [6.45, 7) is 9.36. The molecule has 134 valence electrons. The third-order valence-electron chi connectivity index (χ3n) is 5.53. The SMILES string of the molecule is CCCC(C)CCCC(CC)CCCC(C)c1ccc(C#N)cc1. The molecular weight excluding hydrogens is 290 g/mol. The maximum absolute atomic E-state index is 8.88. The first-order valence-electron chi connectivity index (χ1n) is 10.1. The first-order valence-corrected chi connectivity index (χ1v) is 10.1. The van der Waals surface area contributed by atoms with E-state index in [2.05, 4.69) is 45.9 Å². The number of rotatable bonds is 12. The van der Waals surface area contributed by atoms with Crippen LogP contribution in [-0.4, -0.2) is 0 Å². The van der Waals surface area contributed by atoms with E-state index in [0.717, 1.165) is 17.4 Å². The zero-order chi connectivity index (χ0) is 17.8. The van der Waals surface area contributed by atoms with Crippen molar-refractivity contribution >= 4 is 0 Å². The summed E-state index contributed by atoms with van der Waals surface area (Å²) >= 11 is 0. The van der Waals surface area contributed by atoms with Crippen LogP contribution in [0.5, 0.6) is 0 Å². The summed E-state index contributed by atoms with van der Waals surface area (Å²) in [6.07, 6.45) is 12.2. The molecule has 0 radical (unpaired) electrons. The fraction of sp³-hybridized carbons (Fsp3) is 0.696. The summed E-state index contributed by atoms with van der Waals surface area (Å²) in [4.78, 5) is 0. The van der Waals surface area contributed by atoms with Gasteiger partial charge in [0.25, 0.3) is 0 Å². The lowest BCUT2D eigenvalue weighted by molar-refractivity contribution is 0.369. The lowest BCUT2D eigenvalue weighted by Gasteiger charge is -2.18. The van der Waals surface area contributed by atoms with E-state index in [9.17, 15) is 0 Å². The molecule has 3 unspecified atom stereocenters. The Labute approximate surface area is 150 Å². The molecule has 1 aromatic rings. The fourth-order valence-corrected chi connectivity index (χ4v) is 3.71. The van der Waals surface area contributed by atoms with Crippen LogP contribution in [0.15, 0.2) is 24.3 Å². The van der Waals surface area contributed by atoms with Gasteiger partial charge in [0.05, 0.1) is 11.6 Å². The molecule has 24 heavy (non-hydrogen) atoms. The fourth-order valence-electron chi connectivity index (χ4n) is 3.71. The highest BCUT2D eigenvalue weighted by Gasteiger charge is 2.10. The molecule has 0 saturated carbocycles. The zero-order valence-corrected chi connectivity index (χ0v) is 16.4. The van der Waals surface area contributed by atoms with Crippen LogP contribution in [0.25, 0.3) is 0 Å². The van der Waals surface area contributed by atoms with Gasteiger partial charge in [0.15, 0.2) is 0 Å². The van der Waals surface area contributed by atoms with Crippen molar-refractivity contribution in [2.24, 2.45) is 11.8 Å². The van der Waals surface area contributed by atoms with Gasteiger partial charge >= 0.3 is 0 Å². The Morgan fingerprint density at radius 1 is 0.875 bits per heavy atom. The molecule has 1 rings (SSSR count). The largest absolute Gasteiger partial charge is 0.192 e. The molecule has 1 heteroatoms. The van der Waals surface area contributed by atoms with Crippen molar-refractivity contribution in [3.05, 3.63) is 35.4 Å². The average molecular weight is 328 g/mol. The van der Waals surface area contributed by atoms with E-state index < -0.39 is 0 Å². The average Bonchev–Trinajstić information content (AvgIpc) is 2.60. The molecule has 1 aromatic carbocycles. The van der Waals surface area contributed by atoms with E-state index in [1.165, 1.54) is 63.4 Å². The van der Waals surface area contributed by atoms with Gasteiger partial charge in [0.2, 0.25) is 0 Å². The quantitative estimate of drug-likeness (QED) is 0.390. The number of nitriles is 1. The van der Waals surface area contributed by atoms with Crippen molar-refractivity contribution in [3.63, 3.8) is 0 Å². The number of hydrogen-bond acceptors (Lipinski definition) is 1. The molecule has 0 saturated heterocycles. The lowest BCUT2D eigenvalue weighted by atomic mass is 9.88. The van der Waals surface area contributed by atoms with Crippen LogP contribution in [0.2, 0.25) is 0 Å². The minimum atomic E-state index is 0.597. The normalized spacial score (nSPS) is 14.8. The van der Waals surface area contributed by atoms with Crippen LogP contribution < -0.4 is 0 Å². The summed E-state index contributed by atoms with van der Waals surface area (Å²) < 4.78 is 0.